The van der Waals surface area contributed by atoms with Gasteiger partial charge in [0.1, 0.15) is 5.82 Å². The summed E-state index contributed by atoms with van der Waals surface area (Å²) in [6.07, 6.45) is -4.86. The molecule has 0 aliphatic heterocycles. The van der Waals surface area contributed by atoms with E-state index < -0.39 is 23.3 Å². The van der Waals surface area contributed by atoms with Crippen LogP contribution in [0.2, 0.25) is 5.02 Å². The van der Waals surface area contributed by atoms with Gasteiger partial charge in [0.15, 0.2) is 5.78 Å². The molecule has 0 aliphatic rings. The first-order valence-corrected chi connectivity index (χ1v) is 7.02. The van der Waals surface area contributed by atoms with Crippen molar-refractivity contribution in [2.45, 2.75) is 6.18 Å². The van der Waals surface area contributed by atoms with Crippen molar-refractivity contribution < 1.29 is 22.4 Å². The summed E-state index contributed by atoms with van der Waals surface area (Å²) in [6, 6.07) is 6.53. The first-order valence-electron chi connectivity index (χ1n) is 5.56. The van der Waals surface area contributed by atoms with Gasteiger partial charge >= 0.3 is 6.18 Å². The van der Waals surface area contributed by atoms with Crippen molar-refractivity contribution in [3.8, 4) is 0 Å². The highest BCUT2D eigenvalue weighted by molar-refractivity contribution is 14.1. The van der Waals surface area contributed by atoms with E-state index >= 15 is 0 Å². The standard InChI is InChI=1S/C14H6ClF4IO/c15-10-6-8(2-4-12(10)20)13(21)7-1-3-11(16)9(5-7)14(17,18)19/h1-6H. The van der Waals surface area contributed by atoms with Crippen LogP contribution in [0.25, 0.3) is 0 Å². The monoisotopic (exact) mass is 428 g/mol. The topological polar surface area (TPSA) is 17.1 Å². The van der Waals surface area contributed by atoms with Crippen LogP contribution >= 0.6 is 34.2 Å². The van der Waals surface area contributed by atoms with Crippen LogP contribution in [0.3, 0.4) is 0 Å². The van der Waals surface area contributed by atoms with Crippen molar-refractivity contribution in [3.63, 3.8) is 0 Å². The van der Waals surface area contributed by atoms with Crippen LogP contribution in [0.4, 0.5) is 17.6 Å². The lowest BCUT2D eigenvalue weighted by Crippen LogP contribution is -2.11. The first kappa shape index (κ1) is 16.2. The van der Waals surface area contributed by atoms with Crippen LogP contribution in [0.15, 0.2) is 36.4 Å². The third-order valence-electron chi connectivity index (χ3n) is 2.72. The molecule has 0 aliphatic carbocycles. The Bertz CT molecular complexity index is 713. The van der Waals surface area contributed by atoms with E-state index in [-0.39, 0.29) is 11.1 Å². The average molecular weight is 429 g/mol. The summed E-state index contributed by atoms with van der Waals surface area (Å²) in [4.78, 5) is 12.1. The van der Waals surface area contributed by atoms with Gasteiger partial charge in [-0.1, -0.05) is 11.6 Å². The number of hydrogen-bond acceptors (Lipinski definition) is 1. The molecule has 0 saturated heterocycles. The van der Waals surface area contributed by atoms with Gasteiger partial charge in [0.05, 0.1) is 10.6 Å². The zero-order valence-corrected chi connectivity index (χ0v) is 13.1. The predicted octanol–water partition coefficient (Wildman–Crippen LogP) is 5.33. The highest BCUT2D eigenvalue weighted by Gasteiger charge is 2.34. The van der Waals surface area contributed by atoms with Crippen LogP contribution < -0.4 is 0 Å². The number of ketones is 1. The second-order valence-electron chi connectivity index (χ2n) is 4.15. The fourth-order valence-corrected chi connectivity index (χ4v) is 2.20. The number of halogens is 6. The van der Waals surface area contributed by atoms with E-state index in [1.54, 1.807) is 6.07 Å². The normalized spacial score (nSPS) is 11.5. The molecule has 0 fully saturated rings. The molecule has 0 aromatic heterocycles. The second kappa shape index (κ2) is 5.92. The molecule has 0 bridgehead atoms. The Labute approximate surface area is 136 Å². The molecule has 0 heterocycles. The van der Waals surface area contributed by atoms with Crippen molar-refractivity contribution >= 4 is 40.0 Å². The smallest absolute Gasteiger partial charge is 0.289 e. The van der Waals surface area contributed by atoms with Crippen molar-refractivity contribution in [3.05, 3.63) is 67.5 Å². The number of benzene rings is 2. The molecule has 2 aromatic rings. The lowest BCUT2D eigenvalue weighted by Gasteiger charge is -2.10. The van der Waals surface area contributed by atoms with Crippen LogP contribution in [-0.2, 0) is 6.18 Å². The number of rotatable bonds is 2. The molecule has 2 rings (SSSR count). The molecule has 7 heteroatoms. The molecule has 0 amide bonds. The van der Waals surface area contributed by atoms with Crippen molar-refractivity contribution in [2.75, 3.05) is 0 Å². The Hall–Kier alpha value is -1.15. The van der Waals surface area contributed by atoms with Crippen molar-refractivity contribution in [2.24, 2.45) is 0 Å². The summed E-state index contributed by atoms with van der Waals surface area (Å²) >= 11 is 7.83. The van der Waals surface area contributed by atoms with Gasteiger partial charge in [-0.25, -0.2) is 4.39 Å². The molecule has 0 saturated carbocycles. The van der Waals surface area contributed by atoms with E-state index in [2.05, 4.69) is 0 Å². The number of hydrogen-bond donors (Lipinski definition) is 0. The lowest BCUT2D eigenvalue weighted by molar-refractivity contribution is -0.140. The van der Waals surface area contributed by atoms with E-state index in [0.717, 1.165) is 6.07 Å². The van der Waals surface area contributed by atoms with Gasteiger partial charge in [0, 0.05) is 14.7 Å². The number of carbonyl (C=O) groups excluding carboxylic acids is 1. The summed E-state index contributed by atoms with van der Waals surface area (Å²) < 4.78 is 51.8. The lowest BCUT2D eigenvalue weighted by atomic mass is 10.0. The average Bonchev–Trinajstić information content (AvgIpc) is 2.40. The Morgan fingerprint density at radius 3 is 2.19 bits per heavy atom. The van der Waals surface area contributed by atoms with Gasteiger partial charge in [0.25, 0.3) is 0 Å². The van der Waals surface area contributed by atoms with E-state index in [9.17, 15) is 22.4 Å². The molecule has 110 valence electrons. The van der Waals surface area contributed by atoms with Crippen molar-refractivity contribution in [1.82, 2.24) is 0 Å². The summed E-state index contributed by atoms with van der Waals surface area (Å²) in [5.74, 6) is -2.07. The molecule has 0 radical (unpaired) electrons. The molecular formula is C14H6ClF4IO. The summed E-state index contributed by atoms with van der Waals surface area (Å²) in [5, 5.41) is 0.319. The Balaban J connectivity index is 2.46. The van der Waals surface area contributed by atoms with E-state index in [1.165, 1.54) is 12.1 Å². The SMILES string of the molecule is O=C(c1ccc(I)c(Cl)c1)c1ccc(F)c(C(F)(F)F)c1. The van der Waals surface area contributed by atoms with Crippen LogP contribution in [0.5, 0.6) is 0 Å². The van der Waals surface area contributed by atoms with E-state index in [0.29, 0.717) is 20.7 Å². The maximum Gasteiger partial charge on any atom is 0.419 e. The Morgan fingerprint density at radius 2 is 1.62 bits per heavy atom. The molecule has 0 spiro atoms. The maximum absolute atomic E-state index is 13.2. The first-order chi connectivity index (χ1) is 9.70. The van der Waals surface area contributed by atoms with Gasteiger partial charge in [-0.3, -0.25) is 4.79 Å². The number of alkyl halides is 3. The molecule has 0 unspecified atom stereocenters. The third kappa shape index (κ3) is 3.55. The highest BCUT2D eigenvalue weighted by Crippen LogP contribution is 2.32. The van der Waals surface area contributed by atoms with Crippen molar-refractivity contribution in [1.29, 1.82) is 0 Å². The Morgan fingerprint density at radius 1 is 1.05 bits per heavy atom. The summed E-state index contributed by atoms with van der Waals surface area (Å²) in [7, 11) is 0. The predicted molar refractivity (Wildman–Crippen MR) is 79.0 cm³/mol. The largest absolute Gasteiger partial charge is 0.419 e. The highest BCUT2D eigenvalue weighted by atomic mass is 127. The third-order valence-corrected chi connectivity index (χ3v) is 4.29. The maximum atomic E-state index is 13.2. The minimum Gasteiger partial charge on any atom is -0.289 e. The fourth-order valence-electron chi connectivity index (χ4n) is 1.69. The van der Waals surface area contributed by atoms with Gasteiger partial charge in [-0.2, -0.15) is 13.2 Å². The van der Waals surface area contributed by atoms with Gasteiger partial charge in [-0.15, -0.1) is 0 Å². The molecule has 0 atom stereocenters. The fraction of sp³-hybridized carbons (Fsp3) is 0.0714. The summed E-state index contributed by atoms with van der Waals surface area (Å²) in [6.45, 7) is 0. The molecular weight excluding hydrogens is 423 g/mol. The minimum absolute atomic E-state index is 0.139. The van der Waals surface area contributed by atoms with Gasteiger partial charge in [-0.05, 0) is 59.0 Å². The van der Waals surface area contributed by atoms with Crippen LogP contribution in [-0.4, -0.2) is 5.78 Å². The Kier molecular flexibility index (Phi) is 4.57. The summed E-state index contributed by atoms with van der Waals surface area (Å²) in [5.41, 5.74) is -1.58. The second-order valence-corrected chi connectivity index (χ2v) is 5.72. The molecule has 1 nitrogen and oxygen atoms in total. The molecule has 0 N–H and O–H groups in total. The zero-order chi connectivity index (χ0) is 15.8. The number of carbonyl (C=O) groups is 1. The quantitative estimate of drug-likeness (QED) is 0.359. The van der Waals surface area contributed by atoms with E-state index in [1.807, 2.05) is 22.6 Å². The zero-order valence-electron chi connectivity index (χ0n) is 10.1. The molecule has 2 aromatic carbocycles. The molecule has 21 heavy (non-hydrogen) atoms. The van der Waals surface area contributed by atoms with Crippen LogP contribution in [0.1, 0.15) is 21.5 Å². The minimum atomic E-state index is -4.86. The van der Waals surface area contributed by atoms with Gasteiger partial charge in [0.2, 0.25) is 0 Å². The van der Waals surface area contributed by atoms with Gasteiger partial charge < -0.3 is 0 Å². The van der Waals surface area contributed by atoms with Crippen LogP contribution in [0, 0.1) is 9.39 Å². The van der Waals surface area contributed by atoms with E-state index in [4.69, 9.17) is 11.6 Å².